The van der Waals surface area contributed by atoms with Gasteiger partial charge in [0.25, 0.3) is 5.91 Å². The minimum absolute atomic E-state index is 0.246. The Morgan fingerprint density at radius 1 is 1.22 bits per heavy atom. The summed E-state index contributed by atoms with van der Waals surface area (Å²) < 4.78 is 1.60. The number of carbonyl (C=O) groups excluding carboxylic acids is 1. The van der Waals surface area contributed by atoms with Crippen LogP contribution in [0.5, 0.6) is 0 Å². The van der Waals surface area contributed by atoms with Gasteiger partial charge in [-0.05, 0) is 46.3 Å². The van der Waals surface area contributed by atoms with Crippen molar-refractivity contribution in [1.29, 1.82) is 0 Å². The van der Waals surface area contributed by atoms with Gasteiger partial charge < -0.3 is 5.32 Å². The fourth-order valence-corrected chi connectivity index (χ4v) is 2.73. The maximum atomic E-state index is 12.0. The van der Waals surface area contributed by atoms with Crippen LogP contribution in [0.1, 0.15) is 10.4 Å². The monoisotopic (exact) mass is 388 g/mol. The molecule has 1 aromatic heterocycles. The molecule has 3 nitrogen and oxygen atoms in total. The van der Waals surface area contributed by atoms with Crippen LogP contribution in [-0.2, 0) is 0 Å². The topological polar surface area (TPSA) is 42.0 Å². The van der Waals surface area contributed by atoms with Crippen molar-refractivity contribution < 1.29 is 4.79 Å². The Morgan fingerprint density at radius 2 is 2.00 bits per heavy atom. The number of benzene rings is 1. The van der Waals surface area contributed by atoms with E-state index in [9.17, 15) is 4.79 Å². The molecule has 0 aliphatic carbocycles. The smallest absolute Gasteiger partial charge is 0.257 e. The van der Waals surface area contributed by atoms with Crippen LogP contribution in [-0.4, -0.2) is 10.9 Å². The van der Waals surface area contributed by atoms with E-state index in [4.69, 9.17) is 11.6 Å². The molecule has 0 unspecified atom stereocenters. The molecular formula is C12H7Br2ClN2O. The van der Waals surface area contributed by atoms with E-state index in [2.05, 4.69) is 42.2 Å². The van der Waals surface area contributed by atoms with Crippen molar-refractivity contribution in [2.75, 3.05) is 5.32 Å². The summed E-state index contributed by atoms with van der Waals surface area (Å²) in [7, 11) is 0. The number of hydrogen-bond acceptors (Lipinski definition) is 2. The Hall–Kier alpha value is -0.910. The summed E-state index contributed by atoms with van der Waals surface area (Å²) in [4.78, 5) is 16.0. The molecule has 0 fully saturated rings. The van der Waals surface area contributed by atoms with Crippen molar-refractivity contribution >= 4 is 55.2 Å². The molecular weight excluding hydrogens is 383 g/mol. The van der Waals surface area contributed by atoms with Gasteiger partial charge >= 0.3 is 0 Å². The molecule has 1 N–H and O–H groups in total. The minimum atomic E-state index is -0.246. The number of aromatic nitrogens is 1. The van der Waals surface area contributed by atoms with Gasteiger partial charge in [0.15, 0.2) is 0 Å². The predicted octanol–water partition coefficient (Wildman–Crippen LogP) is 4.51. The summed E-state index contributed by atoms with van der Waals surface area (Å²) in [5, 5.41) is 3.02. The number of amides is 1. The number of pyridine rings is 1. The molecule has 2 rings (SSSR count). The fraction of sp³-hybridized carbons (Fsp3) is 0. The first kappa shape index (κ1) is 13.5. The normalized spacial score (nSPS) is 10.2. The van der Waals surface area contributed by atoms with Crippen LogP contribution < -0.4 is 5.32 Å². The lowest BCUT2D eigenvalue weighted by molar-refractivity contribution is 0.102. The Balaban J connectivity index is 2.22. The van der Waals surface area contributed by atoms with Crippen LogP contribution >= 0.6 is 43.5 Å². The van der Waals surface area contributed by atoms with E-state index in [1.807, 2.05) is 0 Å². The molecule has 0 spiro atoms. The SMILES string of the molecule is O=C(Nc1cccc(Cl)n1)c1ccc(Br)cc1Br. The Bertz CT molecular complexity index is 604. The standard InChI is InChI=1S/C12H7Br2ClN2O/c13-7-4-5-8(9(14)6-7)12(18)17-11-3-1-2-10(15)16-11/h1-6H,(H,16,17,18). The van der Waals surface area contributed by atoms with E-state index in [0.29, 0.717) is 21.0 Å². The fourth-order valence-electron chi connectivity index (χ4n) is 1.34. The first-order valence-corrected chi connectivity index (χ1v) is 6.91. The van der Waals surface area contributed by atoms with E-state index < -0.39 is 0 Å². The average Bonchev–Trinajstić information content (AvgIpc) is 2.28. The number of carbonyl (C=O) groups is 1. The zero-order valence-electron chi connectivity index (χ0n) is 8.95. The molecule has 1 heterocycles. The number of nitrogens with one attached hydrogen (secondary N) is 1. The largest absolute Gasteiger partial charge is 0.306 e. The van der Waals surface area contributed by atoms with Crippen molar-refractivity contribution in [3.8, 4) is 0 Å². The third-order valence-corrected chi connectivity index (χ3v) is 3.49. The third-order valence-electron chi connectivity index (χ3n) is 2.13. The average molecular weight is 390 g/mol. The molecule has 92 valence electrons. The molecule has 0 radical (unpaired) electrons. The highest BCUT2D eigenvalue weighted by Gasteiger charge is 2.11. The molecule has 1 aromatic carbocycles. The van der Waals surface area contributed by atoms with Crippen LogP contribution in [0.2, 0.25) is 5.15 Å². The maximum absolute atomic E-state index is 12.0. The molecule has 2 aromatic rings. The zero-order chi connectivity index (χ0) is 13.1. The molecule has 0 aliphatic rings. The summed E-state index contributed by atoms with van der Waals surface area (Å²) in [6.07, 6.45) is 0. The van der Waals surface area contributed by atoms with E-state index in [1.54, 1.807) is 36.4 Å². The van der Waals surface area contributed by atoms with Crippen LogP contribution in [0.25, 0.3) is 0 Å². The lowest BCUT2D eigenvalue weighted by atomic mass is 10.2. The van der Waals surface area contributed by atoms with Crippen molar-refractivity contribution in [2.45, 2.75) is 0 Å². The second-order valence-corrected chi connectivity index (χ2v) is 5.58. The zero-order valence-corrected chi connectivity index (χ0v) is 12.9. The third kappa shape index (κ3) is 3.31. The summed E-state index contributed by atoms with van der Waals surface area (Å²) >= 11 is 12.4. The van der Waals surface area contributed by atoms with Gasteiger partial charge in [0.1, 0.15) is 11.0 Å². The highest BCUT2D eigenvalue weighted by Crippen LogP contribution is 2.22. The van der Waals surface area contributed by atoms with Crippen molar-refractivity contribution in [3.63, 3.8) is 0 Å². The Morgan fingerprint density at radius 3 is 2.67 bits per heavy atom. The quantitative estimate of drug-likeness (QED) is 0.767. The van der Waals surface area contributed by atoms with Crippen LogP contribution in [0.3, 0.4) is 0 Å². The molecule has 18 heavy (non-hydrogen) atoms. The molecule has 0 saturated heterocycles. The Labute approximate surface area is 126 Å². The molecule has 1 amide bonds. The van der Waals surface area contributed by atoms with Crippen LogP contribution in [0.4, 0.5) is 5.82 Å². The number of anilines is 1. The lowest BCUT2D eigenvalue weighted by Gasteiger charge is -2.06. The van der Waals surface area contributed by atoms with Gasteiger partial charge in [0.05, 0.1) is 5.56 Å². The second-order valence-electron chi connectivity index (χ2n) is 3.42. The second kappa shape index (κ2) is 5.82. The molecule has 0 atom stereocenters. The van der Waals surface area contributed by atoms with Crippen molar-refractivity contribution in [2.24, 2.45) is 0 Å². The maximum Gasteiger partial charge on any atom is 0.257 e. The predicted molar refractivity (Wildman–Crippen MR) is 79.0 cm³/mol. The van der Waals surface area contributed by atoms with Gasteiger partial charge in [-0.1, -0.05) is 33.6 Å². The first-order chi connectivity index (χ1) is 8.56. The van der Waals surface area contributed by atoms with Gasteiger partial charge in [-0.25, -0.2) is 4.98 Å². The van der Waals surface area contributed by atoms with Crippen molar-refractivity contribution in [1.82, 2.24) is 4.98 Å². The van der Waals surface area contributed by atoms with E-state index >= 15 is 0 Å². The molecule has 0 saturated carbocycles. The van der Waals surface area contributed by atoms with Crippen LogP contribution in [0, 0.1) is 0 Å². The van der Waals surface area contributed by atoms with Gasteiger partial charge in [-0.15, -0.1) is 0 Å². The van der Waals surface area contributed by atoms with Gasteiger partial charge in [-0.3, -0.25) is 4.79 Å². The van der Waals surface area contributed by atoms with Gasteiger partial charge in [-0.2, -0.15) is 0 Å². The number of halogens is 3. The van der Waals surface area contributed by atoms with E-state index in [0.717, 1.165) is 4.47 Å². The summed E-state index contributed by atoms with van der Waals surface area (Å²) in [6, 6.07) is 10.4. The Kier molecular flexibility index (Phi) is 4.37. The highest BCUT2D eigenvalue weighted by molar-refractivity contribution is 9.11. The van der Waals surface area contributed by atoms with Crippen molar-refractivity contribution in [3.05, 3.63) is 56.1 Å². The molecule has 6 heteroatoms. The van der Waals surface area contributed by atoms with Crippen LogP contribution in [0.15, 0.2) is 45.3 Å². The van der Waals surface area contributed by atoms with E-state index in [-0.39, 0.29) is 5.91 Å². The highest BCUT2D eigenvalue weighted by atomic mass is 79.9. The summed E-state index contributed by atoms with van der Waals surface area (Å²) in [5.74, 6) is 0.173. The van der Waals surface area contributed by atoms with E-state index in [1.165, 1.54) is 0 Å². The van der Waals surface area contributed by atoms with Gasteiger partial charge in [0, 0.05) is 8.95 Å². The molecule has 0 aliphatic heterocycles. The number of hydrogen-bond donors (Lipinski definition) is 1. The minimum Gasteiger partial charge on any atom is -0.306 e. The summed E-state index contributed by atoms with van der Waals surface area (Å²) in [5.41, 5.74) is 0.528. The van der Waals surface area contributed by atoms with Gasteiger partial charge in [0.2, 0.25) is 0 Å². The number of nitrogens with zero attached hydrogens (tertiary/aromatic N) is 1. The lowest BCUT2D eigenvalue weighted by Crippen LogP contribution is -2.13. The number of rotatable bonds is 2. The summed E-state index contributed by atoms with van der Waals surface area (Å²) in [6.45, 7) is 0. The molecule has 0 bridgehead atoms. The first-order valence-electron chi connectivity index (χ1n) is 4.95.